The van der Waals surface area contributed by atoms with E-state index in [1.165, 1.54) is 18.2 Å². The normalized spacial score (nSPS) is 12.7. The van der Waals surface area contributed by atoms with Crippen molar-refractivity contribution in [3.05, 3.63) is 40.2 Å². The molecule has 0 saturated carbocycles. The fraction of sp³-hybridized carbons (Fsp3) is 0.333. The first kappa shape index (κ1) is 15.1. The third-order valence-electron chi connectivity index (χ3n) is 3.44. The summed E-state index contributed by atoms with van der Waals surface area (Å²) in [7, 11) is 1.70. The summed E-state index contributed by atoms with van der Waals surface area (Å²) in [6.45, 7) is 2.10. The Morgan fingerprint density at radius 1 is 1.38 bits per heavy atom. The van der Waals surface area contributed by atoms with Gasteiger partial charge in [-0.15, -0.1) is 0 Å². The highest BCUT2D eigenvalue weighted by atomic mass is 16.4. The Labute approximate surface area is 121 Å². The molecule has 1 atom stereocenters. The Kier molecular flexibility index (Phi) is 4.28. The van der Waals surface area contributed by atoms with E-state index in [4.69, 9.17) is 4.42 Å². The van der Waals surface area contributed by atoms with Crippen molar-refractivity contribution in [3.8, 4) is 5.75 Å². The minimum atomic E-state index is -0.898. The van der Waals surface area contributed by atoms with Crippen molar-refractivity contribution in [2.45, 2.75) is 25.9 Å². The predicted octanol–water partition coefficient (Wildman–Crippen LogP) is 1.79. The smallest absolute Gasteiger partial charge is 0.336 e. The number of carboxylic acid groups (broad SMARTS) is 1. The third kappa shape index (κ3) is 3.22. The highest BCUT2D eigenvalue weighted by molar-refractivity contribution is 5.81. The van der Waals surface area contributed by atoms with Crippen LogP contribution in [0.15, 0.2) is 33.5 Å². The van der Waals surface area contributed by atoms with E-state index in [0.717, 1.165) is 0 Å². The summed E-state index contributed by atoms with van der Waals surface area (Å²) in [5.74, 6) is -0.891. The molecule has 21 heavy (non-hydrogen) atoms. The van der Waals surface area contributed by atoms with E-state index in [1.54, 1.807) is 24.9 Å². The summed E-state index contributed by atoms with van der Waals surface area (Å²) in [4.78, 5) is 24.4. The zero-order chi connectivity index (χ0) is 15.6. The Bertz CT molecular complexity index is 722. The van der Waals surface area contributed by atoms with Crippen LogP contribution in [0, 0.1) is 0 Å². The van der Waals surface area contributed by atoms with Crippen LogP contribution in [-0.2, 0) is 11.3 Å². The van der Waals surface area contributed by atoms with Gasteiger partial charge in [-0.05, 0) is 31.2 Å². The van der Waals surface area contributed by atoms with Crippen LogP contribution in [0.1, 0.15) is 18.9 Å². The lowest BCUT2D eigenvalue weighted by atomic mass is 10.1. The van der Waals surface area contributed by atoms with Crippen LogP contribution < -0.4 is 5.63 Å². The van der Waals surface area contributed by atoms with Crippen LogP contribution >= 0.6 is 0 Å². The summed E-state index contributed by atoms with van der Waals surface area (Å²) in [6.07, 6.45) is 0.464. The maximum Gasteiger partial charge on any atom is 0.336 e. The quantitative estimate of drug-likeness (QED) is 0.816. The van der Waals surface area contributed by atoms with E-state index in [2.05, 4.69) is 0 Å². The lowest BCUT2D eigenvalue weighted by molar-refractivity contribution is -0.143. The van der Waals surface area contributed by atoms with Crippen molar-refractivity contribution < 1.29 is 19.4 Å². The van der Waals surface area contributed by atoms with Crippen molar-refractivity contribution in [3.63, 3.8) is 0 Å². The van der Waals surface area contributed by atoms with Gasteiger partial charge >= 0.3 is 11.6 Å². The molecule has 0 aliphatic rings. The molecule has 1 aromatic carbocycles. The second kappa shape index (κ2) is 5.97. The lowest BCUT2D eigenvalue weighted by Gasteiger charge is -2.23. The standard InChI is InChI=1S/C15H17NO5/c1-3-12(15(19)20)16(2)8-9-6-14(18)21-13-7-10(17)4-5-11(9)13/h4-7,12,17H,3,8H2,1-2H3,(H,19,20). The van der Waals surface area contributed by atoms with Gasteiger partial charge in [0.25, 0.3) is 0 Å². The van der Waals surface area contributed by atoms with E-state index in [9.17, 15) is 19.8 Å². The fourth-order valence-electron chi connectivity index (χ4n) is 2.40. The maximum atomic E-state index is 11.6. The van der Waals surface area contributed by atoms with Crippen LogP contribution in [0.5, 0.6) is 5.75 Å². The molecular weight excluding hydrogens is 274 g/mol. The van der Waals surface area contributed by atoms with Gasteiger partial charge in [0.15, 0.2) is 0 Å². The van der Waals surface area contributed by atoms with Gasteiger partial charge in [0.05, 0.1) is 0 Å². The molecule has 0 spiro atoms. The number of phenols is 1. The molecule has 6 nitrogen and oxygen atoms in total. The number of phenolic OH excluding ortho intramolecular Hbond substituents is 1. The van der Waals surface area contributed by atoms with Crippen molar-refractivity contribution in [1.82, 2.24) is 4.90 Å². The van der Waals surface area contributed by atoms with Gasteiger partial charge < -0.3 is 14.6 Å². The third-order valence-corrected chi connectivity index (χ3v) is 3.44. The van der Waals surface area contributed by atoms with Crippen LogP contribution in [-0.4, -0.2) is 34.2 Å². The molecular formula is C15H17NO5. The van der Waals surface area contributed by atoms with Gasteiger partial charge in [0.1, 0.15) is 17.4 Å². The van der Waals surface area contributed by atoms with Gasteiger partial charge in [-0.2, -0.15) is 0 Å². The van der Waals surface area contributed by atoms with Gasteiger partial charge in [0.2, 0.25) is 0 Å². The molecule has 0 aliphatic heterocycles. The lowest BCUT2D eigenvalue weighted by Crippen LogP contribution is -2.37. The molecule has 1 unspecified atom stereocenters. The van der Waals surface area contributed by atoms with E-state index < -0.39 is 17.6 Å². The molecule has 0 fully saturated rings. The number of hydrogen-bond acceptors (Lipinski definition) is 5. The van der Waals surface area contributed by atoms with Crippen LogP contribution in [0.2, 0.25) is 0 Å². The summed E-state index contributed by atoms with van der Waals surface area (Å²) < 4.78 is 5.05. The van der Waals surface area contributed by atoms with Crippen LogP contribution in [0.3, 0.4) is 0 Å². The number of hydrogen-bond donors (Lipinski definition) is 2. The SMILES string of the molecule is CCC(C(=O)O)N(C)Cc1cc(=O)oc2cc(O)ccc12. The Hall–Kier alpha value is -2.34. The second-order valence-corrected chi connectivity index (χ2v) is 4.95. The van der Waals surface area contributed by atoms with Crippen molar-refractivity contribution >= 4 is 16.9 Å². The summed E-state index contributed by atoms with van der Waals surface area (Å²) in [5, 5.41) is 19.3. The van der Waals surface area contributed by atoms with Gasteiger partial charge in [0, 0.05) is 24.1 Å². The summed E-state index contributed by atoms with van der Waals surface area (Å²) >= 11 is 0. The molecule has 2 rings (SSSR count). The van der Waals surface area contributed by atoms with Gasteiger partial charge in [-0.25, -0.2) is 4.79 Å². The largest absolute Gasteiger partial charge is 0.508 e. The van der Waals surface area contributed by atoms with E-state index in [1.807, 2.05) is 0 Å². The highest BCUT2D eigenvalue weighted by Crippen LogP contribution is 2.23. The summed E-state index contributed by atoms with van der Waals surface area (Å²) in [5.41, 5.74) is 0.428. The van der Waals surface area contributed by atoms with E-state index in [-0.39, 0.29) is 11.3 Å². The molecule has 0 radical (unpaired) electrons. The average Bonchev–Trinajstić information content (AvgIpc) is 2.37. The zero-order valence-electron chi connectivity index (χ0n) is 11.9. The van der Waals surface area contributed by atoms with Crippen LogP contribution in [0.25, 0.3) is 11.0 Å². The van der Waals surface area contributed by atoms with E-state index >= 15 is 0 Å². The number of aliphatic carboxylic acids is 1. The molecule has 0 bridgehead atoms. The second-order valence-electron chi connectivity index (χ2n) is 4.95. The Morgan fingerprint density at radius 2 is 2.10 bits per heavy atom. The maximum absolute atomic E-state index is 11.6. The zero-order valence-corrected chi connectivity index (χ0v) is 11.9. The number of likely N-dealkylation sites (N-methyl/N-ethyl adjacent to an activating group) is 1. The average molecular weight is 291 g/mol. The van der Waals surface area contributed by atoms with Gasteiger partial charge in [-0.3, -0.25) is 9.69 Å². The van der Waals surface area contributed by atoms with Crippen molar-refractivity contribution in [1.29, 1.82) is 0 Å². The molecule has 0 amide bonds. The number of benzene rings is 1. The molecule has 2 N–H and O–H groups in total. The first-order valence-corrected chi connectivity index (χ1v) is 6.61. The fourth-order valence-corrected chi connectivity index (χ4v) is 2.40. The van der Waals surface area contributed by atoms with Gasteiger partial charge in [-0.1, -0.05) is 6.92 Å². The number of carbonyl (C=O) groups is 1. The minimum absolute atomic E-state index is 0.00752. The van der Waals surface area contributed by atoms with Crippen LogP contribution in [0.4, 0.5) is 0 Å². The number of carboxylic acids is 1. The monoisotopic (exact) mass is 291 g/mol. The Balaban J connectivity index is 2.42. The molecule has 2 aromatic rings. The number of nitrogens with zero attached hydrogens (tertiary/aromatic N) is 1. The molecule has 1 heterocycles. The Morgan fingerprint density at radius 3 is 2.71 bits per heavy atom. The first-order valence-electron chi connectivity index (χ1n) is 6.61. The molecule has 112 valence electrons. The number of fused-ring (bicyclic) bond motifs is 1. The van der Waals surface area contributed by atoms with Crippen molar-refractivity contribution in [2.75, 3.05) is 7.05 Å². The highest BCUT2D eigenvalue weighted by Gasteiger charge is 2.21. The molecule has 1 aromatic heterocycles. The topological polar surface area (TPSA) is 91.0 Å². The number of aromatic hydroxyl groups is 1. The molecule has 0 aliphatic carbocycles. The molecule has 0 saturated heterocycles. The molecule has 6 heteroatoms. The first-order chi connectivity index (χ1) is 9.92. The number of rotatable bonds is 5. The van der Waals surface area contributed by atoms with Crippen molar-refractivity contribution in [2.24, 2.45) is 0 Å². The summed E-state index contributed by atoms with van der Waals surface area (Å²) in [6, 6.07) is 5.25. The minimum Gasteiger partial charge on any atom is -0.508 e. The predicted molar refractivity (Wildman–Crippen MR) is 77.3 cm³/mol. The van der Waals surface area contributed by atoms with E-state index in [0.29, 0.717) is 23.9 Å².